The predicted octanol–water partition coefficient (Wildman–Crippen LogP) is 5.65. The number of hydrogen-bond donors (Lipinski definition) is 0. The van der Waals surface area contributed by atoms with E-state index in [4.69, 9.17) is 0 Å². The Morgan fingerprint density at radius 1 is 0.320 bits per heavy atom. The first-order valence-electron chi connectivity index (χ1n) is 8.31. The summed E-state index contributed by atoms with van der Waals surface area (Å²) in [6, 6.07) is 0. The average Bonchev–Trinajstić information content (AvgIpc) is 3.31. The van der Waals surface area contributed by atoms with Crippen molar-refractivity contribution in [1.82, 2.24) is 0 Å². The molecule has 0 nitrogen and oxygen atoms in total. The smallest absolute Gasteiger partial charge is 0 e. The number of hydrogen-bond acceptors (Lipinski definition) is 0. The van der Waals surface area contributed by atoms with Gasteiger partial charge in [-0.15, -0.1) is 0 Å². The van der Waals surface area contributed by atoms with E-state index in [1.807, 2.05) is 51.4 Å². The standard InChI is InChI=1S/4C6H7.Pa/c4*1-6-4-2-3-5-6;/h4*2-5H,1H3;. The molecule has 0 aromatic carbocycles. The first-order valence-corrected chi connectivity index (χ1v) is 8.31. The van der Waals surface area contributed by atoms with Crippen molar-refractivity contribution in [2.75, 3.05) is 0 Å². The third kappa shape index (κ3) is 15.8. The van der Waals surface area contributed by atoms with E-state index < -0.39 is 0 Å². The molecule has 127 valence electrons. The van der Waals surface area contributed by atoms with Crippen LogP contribution in [0.25, 0.3) is 0 Å². The van der Waals surface area contributed by atoms with E-state index in [-0.39, 0.29) is 32.3 Å². The predicted molar refractivity (Wildman–Crippen MR) is 104 cm³/mol. The quantitative estimate of drug-likeness (QED) is 0.368. The molecule has 4 aliphatic rings. The van der Waals surface area contributed by atoms with Crippen LogP contribution < -0.4 is 0 Å². The summed E-state index contributed by atoms with van der Waals surface area (Å²) >= 11 is 0. The van der Waals surface area contributed by atoms with Crippen LogP contribution in [-0.4, -0.2) is 0 Å². The zero-order chi connectivity index (χ0) is 17.6. The molecule has 4 rings (SSSR count). The maximum Gasteiger partial charge on any atom is 0 e. The van der Waals surface area contributed by atoms with Gasteiger partial charge in [0.05, 0.1) is 0 Å². The van der Waals surface area contributed by atoms with Gasteiger partial charge in [-0.25, -0.2) is 0 Å². The molecule has 0 bridgehead atoms. The van der Waals surface area contributed by atoms with Crippen molar-refractivity contribution in [3.63, 3.8) is 0 Å². The fraction of sp³-hybridized carbons (Fsp3) is 0.167. The summed E-state index contributed by atoms with van der Waals surface area (Å²) in [6.45, 7) is 8.33. The SMILES string of the molecule is C[C]1[CH][CH][CH][CH]1.C[C]1[CH][CH][CH][CH]1.C[C]1[CH][CH][CH][CH]1.C[C]1[CH][CH][CH][CH]1.[Pa]. The van der Waals surface area contributed by atoms with Gasteiger partial charge in [0, 0.05) is 32.3 Å². The van der Waals surface area contributed by atoms with Crippen LogP contribution in [0.3, 0.4) is 0 Å². The Hall–Kier alpha value is 1.09. The molecule has 4 aliphatic carbocycles. The van der Waals surface area contributed by atoms with E-state index in [0.717, 1.165) is 0 Å². The molecule has 0 atom stereocenters. The van der Waals surface area contributed by atoms with Crippen LogP contribution in [0.5, 0.6) is 0 Å². The third-order valence-electron chi connectivity index (χ3n) is 3.32. The molecule has 1 heteroatoms. The fourth-order valence-electron chi connectivity index (χ4n) is 1.88. The second-order valence-electron chi connectivity index (χ2n) is 5.85. The molecule has 4 fully saturated rings. The minimum Gasteiger partial charge on any atom is -0.0585 e. The van der Waals surface area contributed by atoms with Crippen LogP contribution in [0.4, 0.5) is 0 Å². The molecule has 0 aromatic heterocycles. The van der Waals surface area contributed by atoms with Crippen LogP contribution in [0.15, 0.2) is 0 Å². The van der Waals surface area contributed by atoms with Crippen LogP contribution in [-0.2, 0) is 0 Å². The van der Waals surface area contributed by atoms with E-state index in [0.29, 0.717) is 0 Å². The van der Waals surface area contributed by atoms with E-state index in [1.54, 1.807) is 0 Å². The van der Waals surface area contributed by atoms with Gasteiger partial charge in [0.2, 0.25) is 0 Å². The molecule has 0 heterocycles. The van der Waals surface area contributed by atoms with Crippen LogP contribution in [0.2, 0.25) is 0 Å². The molecule has 0 aromatic rings. The van der Waals surface area contributed by atoms with Crippen LogP contribution in [0, 0.1) is 159 Å². The van der Waals surface area contributed by atoms with Gasteiger partial charge in [0.1, 0.15) is 0 Å². The summed E-state index contributed by atoms with van der Waals surface area (Å²) in [5.74, 6) is 5.37. The van der Waals surface area contributed by atoms with Gasteiger partial charge in [-0.3, -0.25) is 0 Å². The monoisotopic (exact) mass is 547 g/mol. The molecule has 25 heavy (non-hydrogen) atoms. The molecule has 0 spiro atoms. The molecular weight excluding hydrogens is 519 g/mol. The van der Waals surface area contributed by atoms with Crippen LogP contribution in [0.1, 0.15) is 27.7 Å². The topological polar surface area (TPSA) is 0 Å². The zero-order valence-corrected chi connectivity index (χ0v) is 20.6. The molecule has 0 aliphatic heterocycles. The van der Waals surface area contributed by atoms with E-state index >= 15 is 0 Å². The van der Waals surface area contributed by atoms with Gasteiger partial charge in [-0.05, 0) is 126 Å². The van der Waals surface area contributed by atoms with Crippen molar-refractivity contribution >= 4 is 0 Å². The van der Waals surface area contributed by atoms with Gasteiger partial charge in [-0.1, -0.05) is 27.7 Å². The van der Waals surface area contributed by atoms with Gasteiger partial charge in [0.15, 0.2) is 0 Å². The fourth-order valence-corrected chi connectivity index (χ4v) is 1.88. The van der Waals surface area contributed by atoms with E-state index in [9.17, 15) is 0 Å². The van der Waals surface area contributed by atoms with Crippen molar-refractivity contribution in [3.8, 4) is 0 Å². The second kappa shape index (κ2) is 17.2. The zero-order valence-electron chi connectivity index (χ0n) is 15.8. The Bertz CT molecular complexity index is 195. The van der Waals surface area contributed by atoms with Gasteiger partial charge in [-0.2, -0.15) is 0 Å². The molecule has 0 amide bonds. The molecule has 21 radical (unpaired) electrons. The first-order chi connectivity index (χ1) is 11.6. The van der Waals surface area contributed by atoms with Crippen molar-refractivity contribution in [2.45, 2.75) is 27.7 Å². The largest absolute Gasteiger partial charge is 0.0585 e. The van der Waals surface area contributed by atoms with Gasteiger partial charge < -0.3 is 0 Å². The Kier molecular flexibility index (Phi) is 18.0. The van der Waals surface area contributed by atoms with Crippen molar-refractivity contribution in [2.24, 2.45) is 0 Å². The molecule has 4 saturated carbocycles. The number of rotatable bonds is 0. The summed E-state index contributed by atoms with van der Waals surface area (Å²) < 4.78 is 0. The molecule has 0 N–H and O–H groups in total. The van der Waals surface area contributed by atoms with Gasteiger partial charge in [0.25, 0.3) is 0 Å². The van der Waals surface area contributed by atoms with Gasteiger partial charge >= 0.3 is 0 Å². The summed E-state index contributed by atoms with van der Waals surface area (Å²) in [5, 5.41) is 0. The summed E-state index contributed by atoms with van der Waals surface area (Å²) in [4.78, 5) is 0. The Balaban J connectivity index is 0.000000303. The summed E-state index contributed by atoms with van der Waals surface area (Å²) in [6.07, 6.45) is 33.0. The normalized spacial score (nSPS) is 24.5. The molecular formula is C24H28Pa. The third-order valence-corrected chi connectivity index (χ3v) is 3.32. The molecule has 0 unspecified atom stereocenters. The van der Waals surface area contributed by atoms with Crippen molar-refractivity contribution < 1.29 is 32.3 Å². The van der Waals surface area contributed by atoms with Crippen molar-refractivity contribution in [3.05, 3.63) is 126 Å². The summed E-state index contributed by atoms with van der Waals surface area (Å²) in [5.41, 5.74) is 0. The Morgan fingerprint density at radius 2 is 0.440 bits per heavy atom. The maximum atomic E-state index is 2.08. The Labute approximate surface area is 185 Å². The maximum absolute atomic E-state index is 2.08. The minimum absolute atomic E-state index is 0. The minimum atomic E-state index is 0. The average molecular weight is 548 g/mol. The van der Waals surface area contributed by atoms with E-state index in [1.165, 1.54) is 23.7 Å². The first kappa shape index (κ1) is 26.1. The van der Waals surface area contributed by atoms with Crippen LogP contribution >= 0.6 is 0 Å². The second-order valence-corrected chi connectivity index (χ2v) is 5.85. The van der Waals surface area contributed by atoms with E-state index in [2.05, 4.69) is 79.1 Å². The molecule has 0 saturated heterocycles. The Morgan fingerprint density at radius 3 is 0.480 bits per heavy atom. The summed E-state index contributed by atoms with van der Waals surface area (Å²) in [7, 11) is 0. The van der Waals surface area contributed by atoms with Crippen molar-refractivity contribution in [1.29, 1.82) is 0 Å².